The molecule has 0 aromatic carbocycles. The van der Waals surface area contributed by atoms with E-state index in [2.05, 4.69) is 15.3 Å². The van der Waals surface area contributed by atoms with Gasteiger partial charge in [-0.2, -0.15) is 0 Å². The molecular weight excluding hydrogens is 263 g/mol. The van der Waals surface area contributed by atoms with Crippen molar-refractivity contribution in [3.63, 3.8) is 0 Å². The van der Waals surface area contributed by atoms with Gasteiger partial charge in [0.15, 0.2) is 5.82 Å². The van der Waals surface area contributed by atoms with Gasteiger partial charge in [-0.15, -0.1) is 0 Å². The maximum atomic E-state index is 12.9. The number of fused-ring (bicyclic) bond motifs is 1. The summed E-state index contributed by atoms with van der Waals surface area (Å²) in [6.07, 6.45) is 2.98. The van der Waals surface area contributed by atoms with Gasteiger partial charge in [0.1, 0.15) is 0 Å². The highest BCUT2D eigenvalue weighted by Gasteiger charge is 2.53. The molecule has 1 N–H and O–H groups in total. The van der Waals surface area contributed by atoms with Gasteiger partial charge in [0.25, 0.3) is 0 Å². The van der Waals surface area contributed by atoms with Crippen LogP contribution in [0.4, 0.5) is 10.3 Å². The molecule has 2 saturated heterocycles. The Bertz CT molecular complexity index is 510. The average molecular weight is 280 g/mol. The molecule has 2 unspecified atom stereocenters. The van der Waals surface area contributed by atoms with E-state index in [1.807, 2.05) is 4.90 Å². The van der Waals surface area contributed by atoms with Crippen LogP contribution in [0.25, 0.3) is 0 Å². The highest BCUT2D eigenvalue weighted by atomic mass is 19.1. The Morgan fingerprint density at radius 1 is 1.55 bits per heavy atom. The number of hydrogen-bond donors (Lipinski definition) is 1. The van der Waals surface area contributed by atoms with E-state index in [1.165, 1.54) is 0 Å². The normalized spacial score (nSPS) is 29.1. The van der Waals surface area contributed by atoms with E-state index in [-0.39, 0.29) is 11.8 Å². The molecule has 2 atom stereocenters. The molecule has 1 amide bonds. The minimum Gasteiger partial charge on any atom is -0.381 e. The van der Waals surface area contributed by atoms with Crippen LogP contribution in [0.1, 0.15) is 6.42 Å². The fraction of sp³-hybridized carbons (Fsp3) is 0.615. The SMILES string of the molecule is CNC(=O)C12CCOCC1CN(c1ncc(F)cn1)C2. The smallest absolute Gasteiger partial charge is 0.228 e. The van der Waals surface area contributed by atoms with E-state index in [0.717, 1.165) is 12.4 Å². The van der Waals surface area contributed by atoms with Gasteiger partial charge in [0, 0.05) is 32.7 Å². The molecule has 1 aromatic rings. The Balaban J connectivity index is 1.87. The fourth-order valence-corrected chi connectivity index (χ4v) is 3.19. The monoisotopic (exact) mass is 280 g/mol. The number of nitrogens with zero attached hydrogens (tertiary/aromatic N) is 3. The van der Waals surface area contributed by atoms with Gasteiger partial charge in [-0.05, 0) is 6.42 Å². The Morgan fingerprint density at radius 3 is 3.00 bits per heavy atom. The van der Waals surface area contributed by atoms with Crippen LogP contribution in [0.3, 0.4) is 0 Å². The topological polar surface area (TPSA) is 67.3 Å². The van der Waals surface area contributed by atoms with Crippen molar-refractivity contribution >= 4 is 11.9 Å². The Morgan fingerprint density at radius 2 is 2.30 bits per heavy atom. The lowest BCUT2D eigenvalue weighted by molar-refractivity contribution is -0.138. The van der Waals surface area contributed by atoms with Crippen molar-refractivity contribution in [2.24, 2.45) is 11.3 Å². The largest absolute Gasteiger partial charge is 0.381 e. The first-order valence-corrected chi connectivity index (χ1v) is 6.68. The summed E-state index contributed by atoms with van der Waals surface area (Å²) in [4.78, 5) is 22.2. The van der Waals surface area contributed by atoms with E-state index < -0.39 is 11.2 Å². The zero-order chi connectivity index (χ0) is 14.2. The van der Waals surface area contributed by atoms with E-state index in [9.17, 15) is 9.18 Å². The van der Waals surface area contributed by atoms with E-state index in [4.69, 9.17) is 4.74 Å². The van der Waals surface area contributed by atoms with Crippen molar-refractivity contribution in [1.29, 1.82) is 0 Å². The molecule has 0 bridgehead atoms. The van der Waals surface area contributed by atoms with Crippen LogP contribution < -0.4 is 10.2 Å². The molecule has 1 aromatic heterocycles. The number of amides is 1. The molecule has 6 nitrogen and oxygen atoms in total. The number of carbonyl (C=O) groups excluding carboxylic acids is 1. The van der Waals surface area contributed by atoms with Gasteiger partial charge in [0.2, 0.25) is 11.9 Å². The first-order chi connectivity index (χ1) is 9.65. The van der Waals surface area contributed by atoms with Crippen molar-refractivity contribution < 1.29 is 13.9 Å². The third kappa shape index (κ3) is 2.02. The zero-order valence-corrected chi connectivity index (χ0v) is 11.3. The summed E-state index contributed by atoms with van der Waals surface area (Å²) >= 11 is 0. The number of halogens is 1. The van der Waals surface area contributed by atoms with E-state index in [0.29, 0.717) is 38.7 Å². The molecule has 7 heteroatoms. The van der Waals surface area contributed by atoms with Crippen LogP contribution in [0.15, 0.2) is 12.4 Å². The number of ether oxygens (including phenoxy) is 1. The first-order valence-electron chi connectivity index (χ1n) is 6.68. The van der Waals surface area contributed by atoms with Crippen LogP contribution in [-0.4, -0.2) is 49.2 Å². The lowest BCUT2D eigenvalue weighted by Crippen LogP contribution is -2.49. The lowest BCUT2D eigenvalue weighted by Gasteiger charge is -2.36. The summed E-state index contributed by atoms with van der Waals surface area (Å²) in [5.41, 5.74) is -0.454. The van der Waals surface area contributed by atoms with Gasteiger partial charge in [-0.25, -0.2) is 14.4 Å². The number of hydrogen-bond acceptors (Lipinski definition) is 5. The second-order valence-electron chi connectivity index (χ2n) is 5.34. The van der Waals surface area contributed by atoms with Crippen LogP contribution >= 0.6 is 0 Å². The van der Waals surface area contributed by atoms with Crippen molar-refractivity contribution in [2.75, 3.05) is 38.3 Å². The third-order valence-electron chi connectivity index (χ3n) is 4.28. The molecule has 0 radical (unpaired) electrons. The van der Waals surface area contributed by atoms with Gasteiger partial charge < -0.3 is 15.0 Å². The molecule has 3 heterocycles. The van der Waals surface area contributed by atoms with Crippen molar-refractivity contribution in [1.82, 2.24) is 15.3 Å². The molecule has 2 fully saturated rings. The predicted octanol–water partition coefficient (Wildman–Crippen LogP) is 0.205. The number of anilines is 1. The van der Waals surface area contributed by atoms with E-state index in [1.54, 1.807) is 7.05 Å². The van der Waals surface area contributed by atoms with Crippen molar-refractivity contribution in [3.8, 4) is 0 Å². The van der Waals surface area contributed by atoms with Gasteiger partial charge >= 0.3 is 0 Å². The van der Waals surface area contributed by atoms with E-state index >= 15 is 0 Å². The van der Waals surface area contributed by atoms with Crippen LogP contribution in [0.2, 0.25) is 0 Å². The lowest BCUT2D eigenvalue weighted by atomic mass is 9.73. The van der Waals surface area contributed by atoms with Gasteiger partial charge in [0.05, 0.1) is 24.4 Å². The Kier molecular flexibility index (Phi) is 3.29. The van der Waals surface area contributed by atoms with Crippen LogP contribution in [0.5, 0.6) is 0 Å². The quantitative estimate of drug-likeness (QED) is 0.838. The van der Waals surface area contributed by atoms with Gasteiger partial charge in [-0.1, -0.05) is 0 Å². The standard InChI is InChI=1S/C13H17FN4O2/c1-15-11(19)13-2-3-20-7-9(13)6-18(8-13)12-16-4-10(14)5-17-12/h4-5,9H,2-3,6-8H2,1H3,(H,15,19). The summed E-state index contributed by atoms with van der Waals surface area (Å²) in [7, 11) is 1.65. The second-order valence-corrected chi connectivity index (χ2v) is 5.34. The first kappa shape index (κ1) is 13.2. The number of nitrogens with one attached hydrogen (secondary N) is 1. The molecule has 108 valence electrons. The second kappa shape index (κ2) is 4.97. The molecule has 2 aliphatic heterocycles. The molecular formula is C13H17FN4O2. The molecule has 20 heavy (non-hydrogen) atoms. The highest BCUT2D eigenvalue weighted by Crippen LogP contribution is 2.43. The number of rotatable bonds is 2. The zero-order valence-electron chi connectivity index (χ0n) is 11.3. The third-order valence-corrected chi connectivity index (χ3v) is 4.28. The van der Waals surface area contributed by atoms with Crippen molar-refractivity contribution in [2.45, 2.75) is 6.42 Å². The minimum absolute atomic E-state index is 0.0374. The molecule has 3 rings (SSSR count). The fourth-order valence-electron chi connectivity index (χ4n) is 3.19. The predicted molar refractivity (Wildman–Crippen MR) is 69.6 cm³/mol. The van der Waals surface area contributed by atoms with Gasteiger partial charge in [-0.3, -0.25) is 4.79 Å². The van der Waals surface area contributed by atoms with Crippen LogP contribution in [0, 0.1) is 17.2 Å². The average Bonchev–Trinajstić information content (AvgIpc) is 2.87. The molecule has 2 aliphatic rings. The number of carbonyl (C=O) groups is 1. The molecule has 0 saturated carbocycles. The van der Waals surface area contributed by atoms with Crippen molar-refractivity contribution in [3.05, 3.63) is 18.2 Å². The summed E-state index contributed by atoms with van der Waals surface area (Å²) in [6, 6.07) is 0. The minimum atomic E-state index is -0.463. The molecule has 0 spiro atoms. The maximum absolute atomic E-state index is 12.9. The summed E-state index contributed by atoms with van der Waals surface area (Å²) < 4.78 is 18.4. The van der Waals surface area contributed by atoms with Crippen LogP contribution in [-0.2, 0) is 9.53 Å². The Hall–Kier alpha value is -1.76. The molecule has 0 aliphatic carbocycles. The highest BCUT2D eigenvalue weighted by molar-refractivity contribution is 5.84. The maximum Gasteiger partial charge on any atom is 0.228 e. The Labute approximate surface area is 116 Å². The summed E-state index contributed by atoms with van der Waals surface area (Å²) in [5, 5.41) is 2.76. The number of aromatic nitrogens is 2. The summed E-state index contributed by atoms with van der Waals surface area (Å²) in [5.74, 6) is 0.152. The summed E-state index contributed by atoms with van der Waals surface area (Å²) in [6.45, 7) is 2.35.